The summed E-state index contributed by atoms with van der Waals surface area (Å²) >= 11 is 0. The average Bonchev–Trinajstić information content (AvgIpc) is 2.96. The van der Waals surface area contributed by atoms with Crippen LogP contribution in [0.15, 0.2) is 18.3 Å². The zero-order valence-electron chi connectivity index (χ0n) is 16.3. The predicted octanol–water partition coefficient (Wildman–Crippen LogP) is 3.39. The van der Waals surface area contributed by atoms with Crippen molar-refractivity contribution in [2.24, 2.45) is 5.92 Å². The fourth-order valence-corrected chi connectivity index (χ4v) is 4.05. The molecule has 2 aliphatic rings. The zero-order valence-corrected chi connectivity index (χ0v) is 16.3. The minimum atomic E-state index is -0.299. The van der Waals surface area contributed by atoms with Crippen molar-refractivity contribution >= 4 is 17.9 Å². The summed E-state index contributed by atoms with van der Waals surface area (Å²) in [6.07, 6.45) is 10.1. The first-order valence-corrected chi connectivity index (χ1v) is 10.0. The number of imide groups is 1. The van der Waals surface area contributed by atoms with Crippen LogP contribution in [0.1, 0.15) is 72.5 Å². The van der Waals surface area contributed by atoms with Gasteiger partial charge >= 0.3 is 0 Å². The van der Waals surface area contributed by atoms with E-state index in [1.807, 2.05) is 38.3 Å². The van der Waals surface area contributed by atoms with E-state index in [0.29, 0.717) is 12.1 Å². The number of benzene rings is 1. The molecule has 2 N–H and O–H groups in total. The maximum absolute atomic E-state index is 12.9. The molecule has 0 bridgehead atoms. The average molecular weight is 370 g/mol. The quantitative estimate of drug-likeness (QED) is 0.630. The highest BCUT2D eigenvalue weighted by Crippen LogP contribution is 2.28. The molecule has 1 aliphatic heterocycles. The monoisotopic (exact) mass is 370 g/mol. The number of rotatable bonds is 4. The van der Waals surface area contributed by atoms with Gasteiger partial charge in [-0.1, -0.05) is 37.8 Å². The van der Waals surface area contributed by atoms with Crippen molar-refractivity contribution in [2.45, 2.75) is 65.0 Å². The number of fused-ring (bicyclic) bond motifs is 1. The summed E-state index contributed by atoms with van der Waals surface area (Å²) in [5.74, 6) is -0.478. The highest BCUT2D eigenvalue weighted by molar-refractivity contribution is 6.08. The molecular formula is C22H30N2O3. The van der Waals surface area contributed by atoms with Gasteiger partial charge < -0.3 is 10.0 Å². The second kappa shape index (κ2) is 8.70. The van der Waals surface area contributed by atoms with Gasteiger partial charge in [-0.15, -0.1) is 0 Å². The Kier molecular flexibility index (Phi) is 6.32. The minimum Gasteiger partial charge on any atom is -0.394 e. The number of nitrogens with one attached hydrogen (secondary N) is 1. The molecule has 146 valence electrons. The number of nitrogens with zero attached hydrogens (tertiary/aromatic N) is 1. The lowest BCUT2D eigenvalue weighted by atomic mass is 9.93. The van der Waals surface area contributed by atoms with Crippen LogP contribution in [0.2, 0.25) is 0 Å². The standard InChI is InChI=1S/C22H30N2O3/c1-15-9-10-18-13-24(16(2)14-25)12-11-19(18)20(15)22(27)23-21(26)17-7-5-3-4-6-8-17/h9-12,16-17,25H,3-8,13-14H2,1-2H3,(H,23,26,27)/t16-/m1/s1. The smallest absolute Gasteiger partial charge is 0.258 e. The van der Waals surface area contributed by atoms with E-state index < -0.39 is 0 Å². The molecule has 1 aromatic carbocycles. The first kappa shape index (κ1) is 19.6. The first-order valence-electron chi connectivity index (χ1n) is 10.0. The van der Waals surface area contributed by atoms with Gasteiger partial charge in [-0.2, -0.15) is 0 Å². The maximum Gasteiger partial charge on any atom is 0.258 e. The van der Waals surface area contributed by atoms with Crippen LogP contribution in [0.5, 0.6) is 0 Å². The molecule has 0 radical (unpaired) electrons. The van der Waals surface area contributed by atoms with Crippen LogP contribution in [-0.2, 0) is 11.3 Å². The van der Waals surface area contributed by atoms with Gasteiger partial charge in [0.25, 0.3) is 5.91 Å². The molecular weight excluding hydrogens is 340 g/mol. The van der Waals surface area contributed by atoms with E-state index in [2.05, 4.69) is 10.2 Å². The summed E-state index contributed by atoms with van der Waals surface area (Å²) in [5.41, 5.74) is 3.37. The molecule has 0 unspecified atom stereocenters. The third-order valence-electron chi connectivity index (χ3n) is 5.85. The molecule has 0 spiro atoms. The molecule has 3 rings (SSSR count). The van der Waals surface area contributed by atoms with Gasteiger partial charge in [0, 0.05) is 24.7 Å². The molecule has 5 nitrogen and oxygen atoms in total. The Labute approximate surface area is 161 Å². The Hall–Kier alpha value is -2.14. The molecule has 0 aromatic heterocycles. The largest absolute Gasteiger partial charge is 0.394 e. The van der Waals surface area contributed by atoms with Gasteiger partial charge in [0.15, 0.2) is 0 Å². The molecule has 0 saturated heterocycles. The van der Waals surface area contributed by atoms with Crippen molar-refractivity contribution in [3.63, 3.8) is 0 Å². The number of hydrogen-bond donors (Lipinski definition) is 2. The normalized spacial score (nSPS) is 18.6. The number of amides is 2. The lowest BCUT2D eigenvalue weighted by molar-refractivity contribution is -0.124. The molecule has 1 atom stereocenters. The fraction of sp³-hybridized carbons (Fsp3) is 0.545. The number of aliphatic hydroxyl groups is 1. The highest BCUT2D eigenvalue weighted by atomic mass is 16.3. The fourth-order valence-electron chi connectivity index (χ4n) is 4.05. The van der Waals surface area contributed by atoms with Crippen molar-refractivity contribution in [1.82, 2.24) is 10.2 Å². The Morgan fingerprint density at radius 3 is 2.59 bits per heavy atom. The van der Waals surface area contributed by atoms with E-state index in [1.54, 1.807) is 0 Å². The predicted molar refractivity (Wildman–Crippen MR) is 106 cm³/mol. The van der Waals surface area contributed by atoms with Gasteiger partial charge in [-0.25, -0.2) is 0 Å². The topological polar surface area (TPSA) is 69.6 Å². The van der Waals surface area contributed by atoms with Gasteiger partial charge in [-0.05, 0) is 49.5 Å². The highest BCUT2D eigenvalue weighted by Gasteiger charge is 2.26. The van der Waals surface area contributed by atoms with Crippen molar-refractivity contribution in [1.29, 1.82) is 0 Å². The van der Waals surface area contributed by atoms with E-state index in [0.717, 1.165) is 42.4 Å². The number of hydrogen-bond acceptors (Lipinski definition) is 4. The molecule has 1 aliphatic carbocycles. The SMILES string of the molecule is Cc1ccc2c(c1C(=O)NC(=O)C1CCCCCC1)C=CN([C@H](C)CO)C2. The maximum atomic E-state index is 12.9. The summed E-state index contributed by atoms with van der Waals surface area (Å²) < 4.78 is 0. The summed E-state index contributed by atoms with van der Waals surface area (Å²) in [4.78, 5) is 27.6. The first-order chi connectivity index (χ1) is 13.0. The van der Waals surface area contributed by atoms with Gasteiger partial charge in [0.1, 0.15) is 0 Å². The molecule has 27 heavy (non-hydrogen) atoms. The summed E-state index contributed by atoms with van der Waals surface area (Å²) in [7, 11) is 0. The van der Waals surface area contributed by atoms with E-state index in [9.17, 15) is 14.7 Å². The van der Waals surface area contributed by atoms with Crippen LogP contribution in [0, 0.1) is 12.8 Å². The Morgan fingerprint density at radius 1 is 1.22 bits per heavy atom. The molecule has 1 aromatic rings. The third kappa shape index (κ3) is 4.41. The Bertz CT molecular complexity index is 733. The van der Waals surface area contributed by atoms with Crippen LogP contribution < -0.4 is 5.32 Å². The summed E-state index contributed by atoms with van der Waals surface area (Å²) in [6, 6.07) is 3.98. The molecule has 2 amide bonds. The van der Waals surface area contributed by atoms with Crippen molar-refractivity contribution in [3.8, 4) is 0 Å². The Morgan fingerprint density at radius 2 is 1.93 bits per heavy atom. The van der Waals surface area contributed by atoms with Crippen molar-refractivity contribution < 1.29 is 14.7 Å². The van der Waals surface area contributed by atoms with Gasteiger partial charge in [0.2, 0.25) is 5.91 Å². The van der Waals surface area contributed by atoms with Gasteiger partial charge in [-0.3, -0.25) is 14.9 Å². The second-order valence-electron chi connectivity index (χ2n) is 7.86. The van der Waals surface area contributed by atoms with E-state index in [4.69, 9.17) is 0 Å². The molecule has 1 saturated carbocycles. The molecule has 1 fully saturated rings. The minimum absolute atomic E-state index is 0.0183. The lowest BCUT2D eigenvalue weighted by Crippen LogP contribution is -2.37. The number of carbonyl (C=O) groups is 2. The number of carbonyl (C=O) groups excluding carboxylic acids is 2. The summed E-state index contributed by atoms with van der Waals surface area (Å²) in [5, 5.41) is 12.1. The van der Waals surface area contributed by atoms with Crippen LogP contribution in [0.25, 0.3) is 6.08 Å². The third-order valence-corrected chi connectivity index (χ3v) is 5.85. The summed E-state index contributed by atoms with van der Waals surface area (Å²) in [6.45, 7) is 4.59. The van der Waals surface area contributed by atoms with E-state index in [1.165, 1.54) is 12.8 Å². The molecule has 1 heterocycles. The van der Waals surface area contributed by atoms with E-state index in [-0.39, 0.29) is 30.4 Å². The van der Waals surface area contributed by atoms with Crippen LogP contribution in [0.4, 0.5) is 0 Å². The number of aryl methyl sites for hydroxylation is 1. The van der Waals surface area contributed by atoms with Crippen LogP contribution >= 0.6 is 0 Å². The van der Waals surface area contributed by atoms with Gasteiger partial charge in [0.05, 0.1) is 12.2 Å². The second-order valence-corrected chi connectivity index (χ2v) is 7.86. The molecule has 5 heteroatoms. The Balaban J connectivity index is 1.79. The van der Waals surface area contributed by atoms with Crippen molar-refractivity contribution in [2.75, 3.05) is 6.61 Å². The lowest BCUT2D eigenvalue weighted by Gasteiger charge is -2.31. The zero-order chi connectivity index (χ0) is 19.4. The van der Waals surface area contributed by atoms with Crippen LogP contribution in [-0.4, -0.2) is 34.5 Å². The van der Waals surface area contributed by atoms with Crippen molar-refractivity contribution in [3.05, 3.63) is 40.6 Å². The number of aliphatic hydroxyl groups excluding tert-OH is 1. The van der Waals surface area contributed by atoms with Crippen LogP contribution in [0.3, 0.4) is 0 Å². The van der Waals surface area contributed by atoms with E-state index >= 15 is 0 Å².